The molecule has 0 radical (unpaired) electrons. The Hall–Kier alpha value is -2.52. The normalized spacial score (nSPS) is 13.9. The molecule has 1 saturated carbocycles. The Morgan fingerprint density at radius 1 is 0.958 bits per heavy atom. The molecule has 0 aliphatic heterocycles. The Morgan fingerprint density at radius 2 is 1.67 bits per heavy atom. The molecule has 1 aromatic heterocycles. The van der Waals surface area contributed by atoms with Gasteiger partial charge in [0.15, 0.2) is 0 Å². The van der Waals surface area contributed by atoms with E-state index in [1.165, 1.54) is 12.1 Å². The first-order valence-corrected chi connectivity index (χ1v) is 8.22. The van der Waals surface area contributed by atoms with Crippen molar-refractivity contribution in [1.29, 1.82) is 0 Å². The van der Waals surface area contributed by atoms with Gasteiger partial charge in [-0.1, -0.05) is 42.5 Å². The zero-order chi connectivity index (χ0) is 16.5. The number of benzene rings is 2. The third-order valence-corrected chi connectivity index (χ3v) is 4.50. The summed E-state index contributed by atoms with van der Waals surface area (Å²) < 4.78 is 13.3. The standard InChI is InChI=1S/C21H18FNO/c22-17-10-8-14(9-11-17)18-12-20(15-4-2-1-3-5-15)23-21(16-6-7-16)19(18)13-24/h1-5,8-12,16,24H,6-7,13H2. The van der Waals surface area contributed by atoms with Gasteiger partial charge in [0, 0.05) is 17.0 Å². The molecule has 0 unspecified atom stereocenters. The lowest BCUT2D eigenvalue weighted by molar-refractivity contribution is 0.280. The quantitative estimate of drug-likeness (QED) is 0.740. The van der Waals surface area contributed by atoms with E-state index in [0.717, 1.165) is 46.5 Å². The van der Waals surface area contributed by atoms with Crippen LogP contribution in [0.4, 0.5) is 4.39 Å². The molecule has 3 aromatic rings. The first kappa shape index (κ1) is 15.0. The largest absolute Gasteiger partial charge is 0.392 e. The number of aliphatic hydroxyl groups excluding tert-OH is 1. The number of hydrogen-bond donors (Lipinski definition) is 1. The van der Waals surface area contributed by atoms with Gasteiger partial charge in [0.1, 0.15) is 5.82 Å². The molecule has 1 fully saturated rings. The van der Waals surface area contributed by atoms with Gasteiger partial charge in [0.2, 0.25) is 0 Å². The molecule has 1 aliphatic rings. The van der Waals surface area contributed by atoms with Crippen LogP contribution >= 0.6 is 0 Å². The van der Waals surface area contributed by atoms with Gasteiger partial charge in [-0.15, -0.1) is 0 Å². The molecule has 3 heteroatoms. The predicted octanol–water partition coefficient (Wildman–Crippen LogP) is 4.92. The number of halogens is 1. The van der Waals surface area contributed by atoms with Crippen LogP contribution in [0.3, 0.4) is 0 Å². The van der Waals surface area contributed by atoms with Crippen LogP contribution < -0.4 is 0 Å². The molecule has 1 N–H and O–H groups in total. The van der Waals surface area contributed by atoms with Crippen LogP contribution in [0.2, 0.25) is 0 Å². The van der Waals surface area contributed by atoms with Crippen LogP contribution in [0.1, 0.15) is 30.0 Å². The second-order valence-corrected chi connectivity index (χ2v) is 6.22. The summed E-state index contributed by atoms with van der Waals surface area (Å²) in [7, 11) is 0. The molecule has 4 rings (SSSR count). The highest BCUT2D eigenvalue weighted by molar-refractivity contribution is 5.74. The highest BCUT2D eigenvalue weighted by Crippen LogP contribution is 2.44. The van der Waals surface area contributed by atoms with Crippen LogP contribution in [0.5, 0.6) is 0 Å². The maximum absolute atomic E-state index is 13.3. The molecular weight excluding hydrogens is 301 g/mol. The number of rotatable bonds is 4. The van der Waals surface area contributed by atoms with Gasteiger partial charge in [-0.05, 0) is 42.2 Å². The van der Waals surface area contributed by atoms with E-state index in [0.29, 0.717) is 5.92 Å². The molecule has 1 heterocycles. The lowest BCUT2D eigenvalue weighted by atomic mass is 9.95. The minimum Gasteiger partial charge on any atom is -0.392 e. The van der Waals surface area contributed by atoms with Crippen molar-refractivity contribution < 1.29 is 9.50 Å². The van der Waals surface area contributed by atoms with Crippen LogP contribution in [-0.4, -0.2) is 10.1 Å². The highest BCUT2D eigenvalue weighted by atomic mass is 19.1. The van der Waals surface area contributed by atoms with E-state index in [1.54, 1.807) is 12.1 Å². The van der Waals surface area contributed by atoms with Crippen LogP contribution in [0, 0.1) is 5.82 Å². The fourth-order valence-corrected chi connectivity index (χ4v) is 3.10. The summed E-state index contributed by atoms with van der Waals surface area (Å²) in [6.45, 7) is -0.0549. The van der Waals surface area contributed by atoms with Crippen molar-refractivity contribution in [2.24, 2.45) is 0 Å². The Morgan fingerprint density at radius 3 is 2.29 bits per heavy atom. The molecule has 0 amide bonds. The molecule has 0 spiro atoms. The van der Waals surface area contributed by atoms with Crippen molar-refractivity contribution in [1.82, 2.24) is 4.98 Å². The third kappa shape index (κ3) is 2.83. The second-order valence-electron chi connectivity index (χ2n) is 6.22. The van der Waals surface area contributed by atoms with Crippen molar-refractivity contribution in [3.05, 3.63) is 77.7 Å². The summed E-state index contributed by atoms with van der Waals surface area (Å²) in [5.74, 6) is 0.166. The summed E-state index contributed by atoms with van der Waals surface area (Å²) >= 11 is 0. The zero-order valence-corrected chi connectivity index (χ0v) is 13.2. The van der Waals surface area contributed by atoms with Crippen molar-refractivity contribution in [2.75, 3.05) is 0 Å². The Balaban J connectivity index is 1.93. The topological polar surface area (TPSA) is 33.1 Å². The number of nitrogens with zero attached hydrogens (tertiary/aromatic N) is 1. The number of pyridine rings is 1. The van der Waals surface area contributed by atoms with E-state index in [1.807, 2.05) is 36.4 Å². The minimum atomic E-state index is -0.260. The predicted molar refractivity (Wildman–Crippen MR) is 93.0 cm³/mol. The van der Waals surface area contributed by atoms with Crippen molar-refractivity contribution in [3.63, 3.8) is 0 Å². The fraction of sp³-hybridized carbons (Fsp3) is 0.190. The van der Waals surface area contributed by atoms with Crippen LogP contribution in [0.25, 0.3) is 22.4 Å². The van der Waals surface area contributed by atoms with E-state index in [2.05, 4.69) is 0 Å². The maximum Gasteiger partial charge on any atom is 0.123 e. The van der Waals surface area contributed by atoms with Gasteiger partial charge in [-0.2, -0.15) is 0 Å². The summed E-state index contributed by atoms with van der Waals surface area (Å²) in [4.78, 5) is 4.85. The average molecular weight is 319 g/mol. The molecule has 0 saturated heterocycles. The average Bonchev–Trinajstić information content (AvgIpc) is 3.47. The zero-order valence-electron chi connectivity index (χ0n) is 13.2. The summed E-state index contributed by atoms with van der Waals surface area (Å²) in [6.07, 6.45) is 2.22. The van der Waals surface area contributed by atoms with E-state index in [-0.39, 0.29) is 12.4 Å². The second kappa shape index (κ2) is 6.17. The van der Waals surface area contributed by atoms with Gasteiger partial charge in [0.05, 0.1) is 18.0 Å². The van der Waals surface area contributed by atoms with E-state index in [4.69, 9.17) is 4.98 Å². The molecule has 0 bridgehead atoms. The Bertz CT molecular complexity index is 855. The number of hydrogen-bond acceptors (Lipinski definition) is 2. The molecule has 2 aromatic carbocycles. The first-order valence-electron chi connectivity index (χ1n) is 8.22. The SMILES string of the molecule is OCc1c(-c2ccc(F)cc2)cc(-c2ccccc2)nc1C1CC1. The minimum absolute atomic E-state index is 0.0549. The molecule has 24 heavy (non-hydrogen) atoms. The van der Waals surface area contributed by atoms with E-state index < -0.39 is 0 Å². The van der Waals surface area contributed by atoms with Crippen LogP contribution in [-0.2, 0) is 6.61 Å². The Kier molecular flexibility index (Phi) is 3.87. The molecule has 2 nitrogen and oxygen atoms in total. The number of aromatic nitrogens is 1. The van der Waals surface area contributed by atoms with E-state index in [9.17, 15) is 9.50 Å². The fourth-order valence-electron chi connectivity index (χ4n) is 3.10. The summed E-state index contributed by atoms with van der Waals surface area (Å²) in [5, 5.41) is 9.94. The third-order valence-electron chi connectivity index (χ3n) is 4.50. The van der Waals surface area contributed by atoms with Crippen molar-refractivity contribution in [3.8, 4) is 22.4 Å². The highest BCUT2D eigenvalue weighted by Gasteiger charge is 2.29. The van der Waals surface area contributed by atoms with Gasteiger partial charge < -0.3 is 5.11 Å². The molecule has 120 valence electrons. The van der Waals surface area contributed by atoms with Gasteiger partial charge >= 0.3 is 0 Å². The van der Waals surface area contributed by atoms with Crippen LogP contribution in [0.15, 0.2) is 60.7 Å². The Labute approximate surface area is 140 Å². The summed E-state index contributed by atoms with van der Waals surface area (Å²) in [6, 6.07) is 18.5. The number of aliphatic hydroxyl groups is 1. The van der Waals surface area contributed by atoms with E-state index >= 15 is 0 Å². The first-order chi connectivity index (χ1) is 11.8. The maximum atomic E-state index is 13.3. The smallest absolute Gasteiger partial charge is 0.123 e. The lowest BCUT2D eigenvalue weighted by Crippen LogP contribution is -2.02. The van der Waals surface area contributed by atoms with Gasteiger partial charge in [-0.25, -0.2) is 4.39 Å². The molecular formula is C21H18FNO. The van der Waals surface area contributed by atoms with Gasteiger partial charge in [-0.3, -0.25) is 4.98 Å². The van der Waals surface area contributed by atoms with Crippen molar-refractivity contribution >= 4 is 0 Å². The molecule has 0 atom stereocenters. The monoisotopic (exact) mass is 319 g/mol. The molecule has 1 aliphatic carbocycles. The lowest BCUT2D eigenvalue weighted by Gasteiger charge is -2.15. The summed E-state index contributed by atoms with van der Waals surface area (Å²) in [5.41, 5.74) is 5.64. The van der Waals surface area contributed by atoms with Gasteiger partial charge in [0.25, 0.3) is 0 Å². The van der Waals surface area contributed by atoms with Crippen molar-refractivity contribution in [2.45, 2.75) is 25.4 Å².